The second-order valence-electron chi connectivity index (χ2n) is 6.75. The zero-order valence-electron chi connectivity index (χ0n) is 13.8. The third-order valence-corrected chi connectivity index (χ3v) is 4.74. The van der Waals surface area contributed by atoms with Crippen molar-refractivity contribution in [3.8, 4) is 0 Å². The summed E-state index contributed by atoms with van der Waals surface area (Å²) in [5.74, 6) is 0. The molecule has 5 nitrogen and oxygen atoms in total. The first-order valence-corrected chi connectivity index (χ1v) is 8.57. The monoisotopic (exact) mass is 304 g/mol. The molecule has 0 aromatic carbocycles. The maximum absolute atomic E-state index is 5.84. The average molecular weight is 304 g/mol. The summed E-state index contributed by atoms with van der Waals surface area (Å²) in [4.78, 5) is 13.8. The van der Waals surface area contributed by atoms with Gasteiger partial charge >= 0.3 is 0 Å². The van der Waals surface area contributed by atoms with Crippen molar-refractivity contribution in [2.75, 3.05) is 32.7 Å². The van der Waals surface area contributed by atoms with Crippen molar-refractivity contribution in [3.05, 3.63) is 24.3 Å². The Kier molecular flexibility index (Phi) is 5.39. The molecule has 0 aliphatic carbocycles. The summed E-state index contributed by atoms with van der Waals surface area (Å²) in [5.41, 5.74) is 1.10. The molecule has 2 fully saturated rings. The summed E-state index contributed by atoms with van der Waals surface area (Å²) < 4.78 is 5.84. The summed E-state index contributed by atoms with van der Waals surface area (Å²) in [6, 6.07) is 0.689. The lowest BCUT2D eigenvalue weighted by Crippen LogP contribution is -2.50. The van der Waals surface area contributed by atoms with E-state index in [1.54, 1.807) is 12.4 Å². The predicted molar refractivity (Wildman–Crippen MR) is 86.8 cm³/mol. The van der Waals surface area contributed by atoms with Crippen LogP contribution in [0, 0.1) is 0 Å². The number of likely N-dealkylation sites (tertiary alicyclic amines) is 1. The van der Waals surface area contributed by atoms with Crippen LogP contribution in [0.5, 0.6) is 0 Å². The number of ether oxygens (including phenoxy) is 1. The minimum atomic E-state index is 0.359. The summed E-state index contributed by atoms with van der Waals surface area (Å²) in [6.07, 6.45) is 9.77. The zero-order chi connectivity index (χ0) is 15.4. The van der Waals surface area contributed by atoms with Gasteiger partial charge in [0.2, 0.25) is 0 Å². The molecule has 2 saturated heterocycles. The molecule has 0 N–H and O–H groups in total. The van der Waals surface area contributed by atoms with Gasteiger partial charge in [-0.3, -0.25) is 19.8 Å². The highest BCUT2D eigenvalue weighted by Gasteiger charge is 2.29. The standard InChI is InChI=1S/C17H28N4O/c1-14-11-20(12-15(2)22-14)13-17-4-3-8-21(17)9-5-16-10-18-6-7-19-16/h6-7,10,14-15,17H,3-5,8-9,11-13H2,1-2H3. The van der Waals surface area contributed by atoms with Crippen LogP contribution < -0.4 is 0 Å². The molecule has 0 saturated carbocycles. The fourth-order valence-electron chi connectivity index (χ4n) is 3.85. The largest absolute Gasteiger partial charge is 0.373 e. The van der Waals surface area contributed by atoms with Crippen LogP contribution in [0.25, 0.3) is 0 Å². The van der Waals surface area contributed by atoms with Crippen LogP contribution in [0.15, 0.2) is 18.6 Å². The van der Waals surface area contributed by atoms with E-state index in [4.69, 9.17) is 4.74 Å². The van der Waals surface area contributed by atoms with Crippen molar-refractivity contribution in [1.29, 1.82) is 0 Å². The topological polar surface area (TPSA) is 41.5 Å². The van der Waals surface area contributed by atoms with E-state index in [1.807, 2.05) is 6.20 Å². The van der Waals surface area contributed by atoms with Gasteiger partial charge in [-0.25, -0.2) is 0 Å². The Hall–Kier alpha value is -1.04. The van der Waals surface area contributed by atoms with Gasteiger partial charge in [-0.1, -0.05) is 0 Å². The van der Waals surface area contributed by atoms with Crippen LogP contribution in [0.3, 0.4) is 0 Å². The minimum Gasteiger partial charge on any atom is -0.373 e. The van der Waals surface area contributed by atoms with Gasteiger partial charge in [0.05, 0.1) is 17.9 Å². The first-order chi connectivity index (χ1) is 10.7. The molecule has 3 atom stereocenters. The first kappa shape index (κ1) is 15.8. The smallest absolute Gasteiger partial charge is 0.0678 e. The lowest BCUT2D eigenvalue weighted by atomic mass is 10.1. The van der Waals surface area contributed by atoms with Gasteiger partial charge < -0.3 is 4.74 Å². The fraction of sp³-hybridized carbons (Fsp3) is 0.765. The second-order valence-corrected chi connectivity index (χ2v) is 6.75. The van der Waals surface area contributed by atoms with E-state index in [0.717, 1.165) is 31.7 Å². The van der Waals surface area contributed by atoms with Gasteiger partial charge in [-0.2, -0.15) is 0 Å². The van der Waals surface area contributed by atoms with Crippen LogP contribution in [0.1, 0.15) is 32.4 Å². The molecule has 0 spiro atoms. The number of hydrogen-bond acceptors (Lipinski definition) is 5. The molecule has 5 heteroatoms. The lowest BCUT2D eigenvalue weighted by molar-refractivity contribution is -0.0722. The normalized spacial score (nSPS) is 30.7. The zero-order valence-corrected chi connectivity index (χ0v) is 13.8. The molecule has 2 aliphatic rings. The molecule has 3 heterocycles. The molecular formula is C17H28N4O. The second kappa shape index (κ2) is 7.49. The van der Waals surface area contributed by atoms with E-state index in [2.05, 4.69) is 33.6 Å². The summed E-state index contributed by atoms with van der Waals surface area (Å²) >= 11 is 0. The van der Waals surface area contributed by atoms with Crippen molar-refractivity contribution in [2.45, 2.75) is 51.4 Å². The van der Waals surface area contributed by atoms with Crippen LogP contribution in [0.2, 0.25) is 0 Å². The van der Waals surface area contributed by atoms with Crippen LogP contribution in [-0.2, 0) is 11.2 Å². The molecule has 3 rings (SSSR count). The third kappa shape index (κ3) is 4.24. The number of rotatable bonds is 5. The number of morpholine rings is 1. The maximum atomic E-state index is 5.84. The molecule has 0 amide bonds. The Bertz CT molecular complexity index is 445. The van der Waals surface area contributed by atoms with Crippen molar-refractivity contribution < 1.29 is 4.74 Å². The van der Waals surface area contributed by atoms with E-state index in [9.17, 15) is 0 Å². The number of nitrogens with zero attached hydrogens (tertiary/aromatic N) is 4. The van der Waals surface area contributed by atoms with Crippen molar-refractivity contribution in [3.63, 3.8) is 0 Å². The van der Waals surface area contributed by atoms with E-state index < -0.39 is 0 Å². The summed E-state index contributed by atoms with van der Waals surface area (Å²) in [6.45, 7) is 10.0. The van der Waals surface area contributed by atoms with E-state index in [1.165, 1.54) is 25.9 Å². The van der Waals surface area contributed by atoms with E-state index >= 15 is 0 Å². The van der Waals surface area contributed by atoms with Gasteiger partial charge in [0.1, 0.15) is 0 Å². The van der Waals surface area contributed by atoms with E-state index in [0.29, 0.717) is 18.2 Å². The molecule has 0 bridgehead atoms. The van der Waals surface area contributed by atoms with Crippen molar-refractivity contribution >= 4 is 0 Å². The van der Waals surface area contributed by atoms with Gasteiger partial charge in [0, 0.05) is 57.2 Å². The lowest BCUT2D eigenvalue weighted by Gasteiger charge is -2.38. The maximum Gasteiger partial charge on any atom is 0.0678 e. The third-order valence-electron chi connectivity index (χ3n) is 4.74. The fourth-order valence-corrected chi connectivity index (χ4v) is 3.85. The van der Waals surface area contributed by atoms with Gasteiger partial charge in [-0.05, 0) is 33.2 Å². The van der Waals surface area contributed by atoms with Crippen LogP contribution in [0.4, 0.5) is 0 Å². The van der Waals surface area contributed by atoms with Gasteiger partial charge in [0.25, 0.3) is 0 Å². The molecule has 3 unspecified atom stereocenters. The summed E-state index contributed by atoms with van der Waals surface area (Å²) in [5, 5.41) is 0. The van der Waals surface area contributed by atoms with Crippen molar-refractivity contribution in [2.24, 2.45) is 0 Å². The molecule has 1 aromatic heterocycles. The van der Waals surface area contributed by atoms with Crippen LogP contribution >= 0.6 is 0 Å². The molecule has 2 aliphatic heterocycles. The predicted octanol–water partition coefficient (Wildman–Crippen LogP) is 1.59. The quantitative estimate of drug-likeness (QED) is 0.826. The number of hydrogen-bond donors (Lipinski definition) is 0. The van der Waals surface area contributed by atoms with Crippen LogP contribution in [-0.4, -0.2) is 70.7 Å². The van der Waals surface area contributed by atoms with E-state index in [-0.39, 0.29) is 0 Å². The van der Waals surface area contributed by atoms with Gasteiger partial charge in [0.15, 0.2) is 0 Å². The highest BCUT2D eigenvalue weighted by atomic mass is 16.5. The highest BCUT2D eigenvalue weighted by molar-refractivity contribution is 4.96. The average Bonchev–Trinajstić information content (AvgIpc) is 2.92. The molecule has 22 heavy (non-hydrogen) atoms. The first-order valence-electron chi connectivity index (χ1n) is 8.57. The molecule has 1 aromatic rings. The Labute approximate surface area is 133 Å². The Morgan fingerprint density at radius 2 is 2.05 bits per heavy atom. The highest BCUT2D eigenvalue weighted by Crippen LogP contribution is 2.20. The molecular weight excluding hydrogens is 276 g/mol. The number of aromatic nitrogens is 2. The Morgan fingerprint density at radius 1 is 1.23 bits per heavy atom. The molecule has 122 valence electrons. The Morgan fingerprint density at radius 3 is 2.77 bits per heavy atom. The molecule has 0 radical (unpaired) electrons. The van der Waals surface area contributed by atoms with Gasteiger partial charge in [-0.15, -0.1) is 0 Å². The Balaban J connectivity index is 1.50. The van der Waals surface area contributed by atoms with Crippen molar-refractivity contribution in [1.82, 2.24) is 19.8 Å². The summed E-state index contributed by atoms with van der Waals surface area (Å²) in [7, 11) is 0. The SMILES string of the molecule is CC1CN(CC2CCCN2CCc2cnccn2)CC(C)O1. The minimum absolute atomic E-state index is 0.359.